The molecule has 0 fully saturated rings. The van der Waals surface area contributed by atoms with Crippen molar-refractivity contribution in [3.8, 4) is 6.07 Å². The van der Waals surface area contributed by atoms with Gasteiger partial charge >= 0.3 is 5.97 Å². The Kier molecular flexibility index (Phi) is 5.47. The van der Waals surface area contributed by atoms with Crippen LogP contribution in [0.5, 0.6) is 0 Å². The summed E-state index contributed by atoms with van der Waals surface area (Å²) < 4.78 is 37.8. The van der Waals surface area contributed by atoms with Crippen molar-refractivity contribution in [3.05, 3.63) is 59.6 Å². The lowest BCUT2D eigenvalue weighted by Crippen LogP contribution is -2.15. The van der Waals surface area contributed by atoms with Crippen LogP contribution in [0.3, 0.4) is 0 Å². The molecule has 2 atom stereocenters. The van der Waals surface area contributed by atoms with Gasteiger partial charge in [0.2, 0.25) is 0 Å². The average Bonchev–Trinajstić information content (AvgIpc) is 3.03. The number of carbonyl (C=O) groups excluding carboxylic acids is 1. The molecule has 1 heterocycles. The van der Waals surface area contributed by atoms with Crippen molar-refractivity contribution in [1.82, 2.24) is 0 Å². The highest BCUT2D eigenvalue weighted by molar-refractivity contribution is 5.65. The maximum Gasteiger partial charge on any atom is 0.302 e. The number of rotatable bonds is 6. The van der Waals surface area contributed by atoms with Crippen molar-refractivity contribution < 1.29 is 22.7 Å². The van der Waals surface area contributed by atoms with Crippen LogP contribution in [0.1, 0.15) is 36.5 Å². The van der Waals surface area contributed by atoms with Crippen LogP contribution in [-0.4, -0.2) is 12.6 Å². The number of nitrogens with zero attached hydrogens (tertiary/aromatic N) is 1. The van der Waals surface area contributed by atoms with E-state index in [0.717, 1.165) is 18.2 Å². The van der Waals surface area contributed by atoms with E-state index in [-0.39, 0.29) is 18.6 Å². The van der Waals surface area contributed by atoms with E-state index in [1.54, 1.807) is 12.1 Å². The fourth-order valence-corrected chi connectivity index (χ4v) is 2.45. The van der Waals surface area contributed by atoms with Gasteiger partial charge in [-0.15, -0.1) is 0 Å². The minimum absolute atomic E-state index is 0.00512. The zero-order valence-electron chi connectivity index (χ0n) is 12.5. The molecule has 2 aromatic rings. The minimum atomic E-state index is -0.822. The van der Waals surface area contributed by atoms with Gasteiger partial charge in [-0.05, 0) is 42.3 Å². The molecule has 23 heavy (non-hydrogen) atoms. The molecule has 0 bridgehead atoms. The Morgan fingerprint density at radius 2 is 2.17 bits per heavy atom. The van der Waals surface area contributed by atoms with E-state index >= 15 is 0 Å². The molecule has 0 radical (unpaired) electrons. The van der Waals surface area contributed by atoms with Gasteiger partial charge < -0.3 is 9.15 Å². The fraction of sp³-hybridized carbons (Fsp3) is 0.294. The Morgan fingerprint density at radius 3 is 2.78 bits per heavy atom. The Morgan fingerprint density at radius 1 is 1.39 bits per heavy atom. The molecule has 1 aromatic carbocycles. The Labute approximate surface area is 132 Å². The quantitative estimate of drug-likeness (QED) is 0.758. The molecular weight excluding hydrogens is 304 g/mol. The van der Waals surface area contributed by atoms with E-state index in [9.17, 15) is 18.8 Å². The number of hydrogen-bond donors (Lipinski definition) is 0. The predicted molar refractivity (Wildman–Crippen MR) is 77.4 cm³/mol. The molecule has 0 aliphatic carbocycles. The molecule has 0 unspecified atom stereocenters. The normalized spacial score (nSPS) is 13.1. The molecule has 2 rings (SSSR count). The van der Waals surface area contributed by atoms with Crippen LogP contribution >= 0.6 is 0 Å². The first-order valence-corrected chi connectivity index (χ1v) is 7.04. The molecule has 1 aromatic heterocycles. The average molecular weight is 319 g/mol. The van der Waals surface area contributed by atoms with Gasteiger partial charge in [0.15, 0.2) is 0 Å². The molecule has 4 nitrogen and oxygen atoms in total. The van der Waals surface area contributed by atoms with Crippen LogP contribution in [0.4, 0.5) is 8.78 Å². The summed E-state index contributed by atoms with van der Waals surface area (Å²) in [6.07, 6.45) is 1.57. The first-order valence-electron chi connectivity index (χ1n) is 7.04. The van der Waals surface area contributed by atoms with Gasteiger partial charge in [0, 0.05) is 12.8 Å². The van der Waals surface area contributed by atoms with E-state index in [1.165, 1.54) is 13.2 Å². The van der Waals surface area contributed by atoms with E-state index in [4.69, 9.17) is 9.15 Å². The van der Waals surface area contributed by atoms with Crippen molar-refractivity contribution in [1.29, 1.82) is 5.26 Å². The van der Waals surface area contributed by atoms with Crippen LogP contribution in [0.25, 0.3) is 0 Å². The molecule has 0 amide bonds. The number of esters is 1. The van der Waals surface area contributed by atoms with Gasteiger partial charge in [-0.1, -0.05) is 0 Å². The SMILES string of the molecule is CC(=O)OCC[C@H](c1cc(F)ccc1F)[C@H](C#N)c1ccco1. The first kappa shape index (κ1) is 16.7. The molecule has 6 heteroatoms. The van der Waals surface area contributed by atoms with Gasteiger partial charge in [-0.25, -0.2) is 8.78 Å². The highest BCUT2D eigenvalue weighted by atomic mass is 19.1. The van der Waals surface area contributed by atoms with Crippen LogP contribution in [0.15, 0.2) is 41.0 Å². The third kappa shape index (κ3) is 4.16. The molecule has 0 aliphatic rings. The molecular formula is C17H15F2NO3. The van der Waals surface area contributed by atoms with Gasteiger partial charge in [-0.2, -0.15) is 5.26 Å². The summed E-state index contributed by atoms with van der Waals surface area (Å²) in [6.45, 7) is 1.25. The zero-order chi connectivity index (χ0) is 16.8. The zero-order valence-corrected chi connectivity index (χ0v) is 12.5. The first-order chi connectivity index (χ1) is 11.0. The monoisotopic (exact) mass is 319 g/mol. The second-order valence-electron chi connectivity index (χ2n) is 5.02. The number of halogens is 2. The van der Waals surface area contributed by atoms with E-state index < -0.39 is 29.4 Å². The second-order valence-corrected chi connectivity index (χ2v) is 5.02. The lowest BCUT2D eigenvalue weighted by molar-refractivity contribution is -0.141. The van der Waals surface area contributed by atoms with Gasteiger partial charge in [0.1, 0.15) is 23.3 Å². The van der Waals surface area contributed by atoms with Crippen LogP contribution in [-0.2, 0) is 9.53 Å². The van der Waals surface area contributed by atoms with E-state index in [0.29, 0.717) is 5.76 Å². The molecule has 0 N–H and O–H groups in total. The van der Waals surface area contributed by atoms with Gasteiger partial charge in [-0.3, -0.25) is 4.79 Å². The van der Waals surface area contributed by atoms with Crippen LogP contribution in [0.2, 0.25) is 0 Å². The number of nitriles is 1. The summed E-state index contributed by atoms with van der Waals surface area (Å²) in [6, 6.07) is 8.36. The summed E-state index contributed by atoms with van der Waals surface area (Å²) in [5, 5.41) is 9.46. The van der Waals surface area contributed by atoms with E-state index in [2.05, 4.69) is 6.07 Å². The van der Waals surface area contributed by atoms with Crippen LogP contribution < -0.4 is 0 Å². The van der Waals surface area contributed by atoms with Crippen LogP contribution in [0, 0.1) is 23.0 Å². The van der Waals surface area contributed by atoms with Crippen molar-refractivity contribution >= 4 is 5.97 Å². The maximum absolute atomic E-state index is 14.1. The standard InChI is InChI=1S/C17H15F2NO3/c1-11(21)22-8-6-13(14-9-12(18)4-5-16(14)19)15(10-20)17-3-2-7-23-17/h2-5,7,9,13,15H,6,8H2,1H3/t13-,15+/m1/s1. The molecule has 0 spiro atoms. The lowest BCUT2D eigenvalue weighted by atomic mass is 9.82. The third-order valence-electron chi connectivity index (χ3n) is 3.48. The molecule has 120 valence electrons. The van der Waals surface area contributed by atoms with Crippen molar-refractivity contribution in [2.45, 2.75) is 25.2 Å². The Balaban J connectivity index is 2.36. The molecule has 0 saturated carbocycles. The fourth-order valence-electron chi connectivity index (χ4n) is 2.45. The number of furan rings is 1. The van der Waals surface area contributed by atoms with Crippen molar-refractivity contribution in [3.63, 3.8) is 0 Å². The summed E-state index contributed by atoms with van der Waals surface area (Å²) in [5.74, 6) is -2.88. The Bertz CT molecular complexity index is 707. The second kappa shape index (κ2) is 7.54. The number of benzene rings is 1. The number of ether oxygens (including phenoxy) is 1. The maximum atomic E-state index is 14.1. The summed E-state index contributed by atoms with van der Waals surface area (Å²) in [4.78, 5) is 10.9. The highest BCUT2D eigenvalue weighted by Crippen LogP contribution is 2.37. The van der Waals surface area contributed by atoms with Gasteiger partial charge in [0.25, 0.3) is 0 Å². The van der Waals surface area contributed by atoms with Crippen molar-refractivity contribution in [2.75, 3.05) is 6.61 Å². The predicted octanol–water partition coefficient (Wildman–Crippen LogP) is 3.90. The largest absolute Gasteiger partial charge is 0.468 e. The summed E-state index contributed by atoms with van der Waals surface area (Å²) in [5.41, 5.74) is 0.0557. The van der Waals surface area contributed by atoms with Gasteiger partial charge in [0.05, 0.1) is 18.9 Å². The molecule has 0 aliphatic heterocycles. The number of carbonyl (C=O) groups is 1. The smallest absolute Gasteiger partial charge is 0.302 e. The topological polar surface area (TPSA) is 63.2 Å². The number of hydrogen-bond acceptors (Lipinski definition) is 4. The van der Waals surface area contributed by atoms with Crippen molar-refractivity contribution in [2.24, 2.45) is 0 Å². The highest BCUT2D eigenvalue weighted by Gasteiger charge is 2.29. The summed E-state index contributed by atoms with van der Waals surface area (Å²) >= 11 is 0. The third-order valence-corrected chi connectivity index (χ3v) is 3.48. The summed E-state index contributed by atoms with van der Waals surface area (Å²) in [7, 11) is 0. The molecule has 0 saturated heterocycles. The van der Waals surface area contributed by atoms with E-state index in [1.807, 2.05) is 0 Å². The lowest BCUT2D eigenvalue weighted by Gasteiger charge is -2.21. The minimum Gasteiger partial charge on any atom is -0.468 e. The Hall–Kier alpha value is -2.68.